The number of hydrogen-bond donors (Lipinski definition) is 2. The summed E-state index contributed by atoms with van der Waals surface area (Å²) in [5, 5.41) is -0.524. The predicted molar refractivity (Wildman–Crippen MR) is 88.9 cm³/mol. The molecule has 0 saturated carbocycles. The highest BCUT2D eigenvalue weighted by Gasteiger charge is 2.13. The van der Waals surface area contributed by atoms with Crippen molar-refractivity contribution in [1.29, 1.82) is 0 Å². The highest BCUT2D eigenvalue weighted by molar-refractivity contribution is 7.96. The Labute approximate surface area is 125 Å². The van der Waals surface area contributed by atoms with Gasteiger partial charge in [-0.15, -0.1) is 0 Å². The van der Waals surface area contributed by atoms with Gasteiger partial charge in [0.1, 0.15) is 6.10 Å². The molecule has 4 heteroatoms. The Morgan fingerprint density at radius 1 is 1.11 bits per heavy atom. The number of carbonyl (C=O) groups excluding carboxylic acids is 1. The molecule has 0 radical (unpaired) electrons. The quantitative estimate of drug-likeness (QED) is 0.408. The van der Waals surface area contributed by atoms with Gasteiger partial charge in [0.15, 0.2) is 0 Å². The summed E-state index contributed by atoms with van der Waals surface area (Å²) in [5.41, 5.74) is 5.80. The number of nitrogens with two attached hydrogens (primary N) is 1. The topological polar surface area (TPSA) is 52.3 Å². The van der Waals surface area contributed by atoms with Crippen LogP contribution in [0.2, 0.25) is 0 Å². The molecule has 0 aromatic carbocycles. The Balaban J connectivity index is -0.000000375. The van der Waals surface area contributed by atoms with Gasteiger partial charge in [0.25, 0.3) is 0 Å². The average molecular weight is 292 g/mol. The molecule has 19 heavy (non-hydrogen) atoms. The SMILES string of the molecule is CC.CC.CC.NC1CC/C=C/C(OC(=O)S)CC1. The lowest BCUT2D eigenvalue weighted by molar-refractivity contribution is 0.139. The minimum Gasteiger partial charge on any atom is -0.450 e. The van der Waals surface area contributed by atoms with Crippen molar-refractivity contribution in [3.05, 3.63) is 12.2 Å². The second-order valence-corrected chi connectivity index (χ2v) is 3.63. The summed E-state index contributed by atoms with van der Waals surface area (Å²) in [4.78, 5) is 10.6. The van der Waals surface area contributed by atoms with Crippen molar-refractivity contribution in [3.63, 3.8) is 0 Å². The second kappa shape index (κ2) is 19.9. The third-order valence-electron chi connectivity index (χ3n) is 2.13. The summed E-state index contributed by atoms with van der Waals surface area (Å²) in [5.74, 6) is 0. The van der Waals surface area contributed by atoms with Gasteiger partial charge in [0.2, 0.25) is 0 Å². The van der Waals surface area contributed by atoms with Crippen LogP contribution in [0, 0.1) is 0 Å². The largest absolute Gasteiger partial charge is 0.450 e. The molecule has 0 saturated heterocycles. The highest BCUT2D eigenvalue weighted by atomic mass is 32.1. The second-order valence-electron chi connectivity index (χ2n) is 3.27. The van der Waals surface area contributed by atoms with Gasteiger partial charge in [-0.1, -0.05) is 60.2 Å². The Hall–Kier alpha value is -0.480. The molecule has 0 heterocycles. The molecule has 1 rings (SSSR count). The van der Waals surface area contributed by atoms with E-state index in [0.717, 1.165) is 25.7 Å². The molecule has 1 aliphatic carbocycles. The fraction of sp³-hybridized carbons (Fsp3) is 0.800. The molecule has 1 aliphatic rings. The zero-order valence-electron chi connectivity index (χ0n) is 13.5. The Kier molecular flexibility index (Phi) is 24.7. The van der Waals surface area contributed by atoms with Crippen LogP contribution in [-0.2, 0) is 4.74 Å². The third-order valence-corrected chi connectivity index (χ3v) is 2.23. The van der Waals surface area contributed by atoms with Crippen LogP contribution in [-0.4, -0.2) is 17.4 Å². The zero-order valence-corrected chi connectivity index (χ0v) is 14.4. The molecular formula is C15H33NO2S. The number of rotatable bonds is 1. The molecule has 0 aliphatic heterocycles. The molecule has 0 bridgehead atoms. The van der Waals surface area contributed by atoms with E-state index in [4.69, 9.17) is 10.5 Å². The van der Waals surface area contributed by atoms with Crippen LogP contribution in [0.3, 0.4) is 0 Å². The van der Waals surface area contributed by atoms with E-state index in [1.807, 2.05) is 53.7 Å². The van der Waals surface area contributed by atoms with E-state index < -0.39 is 5.30 Å². The van der Waals surface area contributed by atoms with Crippen LogP contribution in [0.25, 0.3) is 0 Å². The van der Waals surface area contributed by atoms with E-state index in [9.17, 15) is 4.79 Å². The normalized spacial score (nSPS) is 22.5. The van der Waals surface area contributed by atoms with Crippen molar-refractivity contribution in [1.82, 2.24) is 0 Å². The summed E-state index contributed by atoms with van der Waals surface area (Å²) >= 11 is 3.57. The number of carbonyl (C=O) groups is 1. The van der Waals surface area contributed by atoms with Crippen LogP contribution in [0.15, 0.2) is 12.2 Å². The first-order chi connectivity index (χ1) is 9.18. The summed E-state index contributed by atoms with van der Waals surface area (Å²) in [7, 11) is 0. The highest BCUT2D eigenvalue weighted by Crippen LogP contribution is 2.14. The molecule has 0 aromatic rings. The molecule has 116 valence electrons. The Morgan fingerprint density at radius 3 is 2.11 bits per heavy atom. The average Bonchev–Trinajstić information content (AvgIpc) is 2.44. The standard InChI is InChI=1S/C9H15NO2S.3C2H6/c10-7-3-1-2-4-8(6-5-7)12-9(11)13;3*1-2/h2,4,7-8H,1,3,5-6,10H2,(H,11,13);3*1-2H3/b4-2+;;;. The van der Waals surface area contributed by atoms with E-state index in [1.54, 1.807) is 0 Å². The Morgan fingerprint density at radius 2 is 1.63 bits per heavy atom. The van der Waals surface area contributed by atoms with Crippen LogP contribution in [0.1, 0.15) is 67.2 Å². The summed E-state index contributed by atoms with van der Waals surface area (Å²) in [6.07, 6.45) is 7.46. The molecular weight excluding hydrogens is 258 g/mol. The van der Waals surface area contributed by atoms with E-state index in [0.29, 0.717) is 0 Å². The molecule has 0 aromatic heterocycles. The van der Waals surface area contributed by atoms with Crippen molar-refractivity contribution >= 4 is 17.9 Å². The number of thiol groups is 1. The summed E-state index contributed by atoms with van der Waals surface area (Å²) in [6, 6.07) is 0.228. The Bertz CT molecular complexity index is 208. The lowest BCUT2D eigenvalue weighted by Gasteiger charge is -2.18. The first kappa shape index (κ1) is 23.6. The van der Waals surface area contributed by atoms with Crippen molar-refractivity contribution < 1.29 is 9.53 Å². The summed E-state index contributed by atoms with van der Waals surface area (Å²) in [6.45, 7) is 12.0. The van der Waals surface area contributed by atoms with Gasteiger partial charge in [-0.05, 0) is 31.8 Å². The first-order valence-corrected chi connectivity index (χ1v) is 7.95. The van der Waals surface area contributed by atoms with E-state index in [-0.39, 0.29) is 12.1 Å². The maximum atomic E-state index is 10.6. The molecule has 2 N–H and O–H groups in total. The lowest BCUT2D eigenvalue weighted by Crippen LogP contribution is -2.24. The number of ether oxygens (including phenoxy) is 1. The van der Waals surface area contributed by atoms with Gasteiger partial charge in [-0.25, -0.2) is 4.79 Å². The maximum absolute atomic E-state index is 10.6. The maximum Gasteiger partial charge on any atom is 0.364 e. The third kappa shape index (κ3) is 17.5. The van der Waals surface area contributed by atoms with Gasteiger partial charge in [-0.2, -0.15) is 0 Å². The molecule has 2 unspecified atom stereocenters. The molecule has 3 nitrogen and oxygen atoms in total. The van der Waals surface area contributed by atoms with Gasteiger partial charge in [0, 0.05) is 6.04 Å². The minimum absolute atomic E-state index is 0.142. The molecule has 2 atom stereocenters. The number of hydrogen-bond acceptors (Lipinski definition) is 3. The fourth-order valence-corrected chi connectivity index (χ4v) is 1.54. The van der Waals surface area contributed by atoms with Crippen molar-refractivity contribution in [2.75, 3.05) is 0 Å². The van der Waals surface area contributed by atoms with Crippen molar-refractivity contribution in [2.45, 2.75) is 79.4 Å². The van der Waals surface area contributed by atoms with Gasteiger partial charge in [0.05, 0.1) is 0 Å². The molecule has 0 amide bonds. The zero-order chi connectivity index (χ0) is 15.7. The van der Waals surface area contributed by atoms with Gasteiger partial charge < -0.3 is 10.5 Å². The predicted octanol–water partition coefficient (Wildman–Crippen LogP) is 4.96. The van der Waals surface area contributed by atoms with Crippen LogP contribution in [0.5, 0.6) is 0 Å². The van der Waals surface area contributed by atoms with E-state index in [1.165, 1.54) is 0 Å². The monoisotopic (exact) mass is 291 g/mol. The van der Waals surface area contributed by atoms with Crippen LogP contribution >= 0.6 is 12.6 Å². The van der Waals surface area contributed by atoms with Gasteiger partial charge >= 0.3 is 5.30 Å². The summed E-state index contributed by atoms with van der Waals surface area (Å²) < 4.78 is 4.96. The molecule has 0 spiro atoms. The van der Waals surface area contributed by atoms with E-state index >= 15 is 0 Å². The lowest BCUT2D eigenvalue weighted by atomic mass is 10.0. The van der Waals surface area contributed by atoms with Crippen molar-refractivity contribution in [2.24, 2.45) is 5.73 Å². The van der Waals surface area contributed by atoms with Gasteiger partial charge in [-0.3, -0.25) is 0 Å². The van der Waals surface area contributed by atoms with Crippen molar-refractivity contribution in [3.8, 4) is 0 Å². The van der Waals surface area contributed by atoms with Crippen LogP contribution < -0.4 is 5.73 Å². The molecule has 0 fully saturated rings. The first-order valence-electron chi connectivity index (χ1n) is 7.50. The van der Waals surface area contributed by atoms with E-state index in [2.05, 4.69) is 12.6 Å². The minimum atomic E-state index is -0.524. The smallest absolute Gasteiger partial charge is 0.364 e. The van der Waals surface area contributed by atoms with Crippen LogP contribution in [0.4, 0.5) is 4.79 Å². The fourth-order valence-electron chi connectivity index (χ4n) is 1.40. The number of allylic oxidation sites excluding steroid dienone is 1.